The summed E-state index contributed by atoms with van der Waals surface area (Å²) in [7, 11) is 0. The fourth-order valence-corrected chi connectivity index (χ4v) is 2.40. The van der Waals surface area contributed by atoms with Crippen LogP contribution >= 0.6 is 11.6 Å². The van der Waals surface area contributed by atoms with Crippen molar-refractivity contribution in [3.05, 3.63) is 52.8 Å². The molecule has 0 radical (unpaired) electrons. The molecule has 0 aliphatic carbocycles. The first-order valence-corrected chi connectivity index (χ1v) is 6.14. The monoisotopic (exact) mass is 275 g/mol. The van der Waals surface area contributed by atoms with Crippen LogP contribution in [0.1, 0.15) is 5.56 Å². The average molecular weight is 276 g/mol. The molecule has 0 saturated heterocycles. The number of halogens is 2. The molecule has 0 spiro atoms. The lowest BCUT2D eigenvalue weighted by molar-refractivity contribution is 0.619. The molecule has 3 rings (SSSR count). The Kier molecular flexibility index (Phi) is 2.68. The van der Waals surface area contributed by atoms with Crippen molar-refractivity contribution in [3.63, 3.8) is 0 Å². The fourth-order valence-electron chi connectivity index (χ4n) is 2.14. The number of nitrogen functional groups attached to an aromatic ring is 1. The van der Waals surface area contributed by atoms with Crippen molar-refractivity contribution in [2.24, 2.45) is 0 Å². The highest BCUT2D eigenvalue weighted by Crippen LogP contribution is 2.30. The van der Waals surface area contributed by atoms with Crippen LogP contribution in [0, 0.1) is 12.7 Å². The van der Waals surface area contributed by atoms with E-state index in [4.69, 9.17) is 17.3 Å². The van der Waals surface area contributed by atoms with Crippen LogP contribution < -0.4 is 5.73 Å². The number of aryl methyl sites for hydroxylation is 1. The number of para-hydroxylation sites is 1. The lowest BCUT2D eigenvalue weighted by Gasteiger charge is -2.09. The highest BCUT2D eigenvalue weighted by Gasteiger charge is 2.15. The van der Waals surface area contributed by atoms with E-state index < -0.39 is 0 Å². The molecule has 2 N–H and O–H groups in total. The molecule has 1 heterocycles. The third-order valence-electron chi connectivity index (χ3n) is 3.00. The van der Waals surface area contributed by atoms with E-state index in [0.717, 1.165) is 5.56 Å². The molecule has 0 saturated carbocycles. The minimum Gasteiger partial charge on any atom is -0.369 e. The maximum absolute atomic E-state index is 14.0. The molecule has 0 atom stereocenters. The third kappa shape index (κ3) is 1.85. The lowest BCUT2D eigenvalue weighted by atomic mass is 10.2. The summed E-state index contributed by atoms with van der Waals surface area (Å²) in [6.45, 7) is 1.89. The minimum absolute atomic E-state index is 0.215. The maximum atomic E-state index is 14.0. The van der Waals surface area contributed by atoms with Crippen LogP contribution in [0.5, 0.6) is 0 Å². The lowest BCUT2D eigenvalue weighted by Crippen LogP contribution is -2.03. The van der Waals surface area contributed by atoms with Crippen LogP contribution in [-0.4, -0.2) is 9.55 Å². The Morgan fingerprint density at radius 1 is 1.26 bits per heavy atom. The fraction of sp³-hybridized carbons (Fsp3) is 0.0714. The second kappa shape index (κ2) is 4.24. The molecule has 19 heavy (non-hydrogen) atoms. The van der Waals surface area contributed by atoms with Gasteiger partial charge in [0.25, 0.3) is 0 Å². The number of anilines is 1. The Balaban J connectivity index is 2.42. The van der Waals surface area contributed by atoms with Gasteiger partial charge in [0.05, 0.1) is 21.7 Å². The predicted octanol–water partition coefficient (Wildman–Crippen LogP) is 3.71. The van der Waals surface area contributed by atoms with Gasteiger partial charge in [-0.1, -0.05) is 23.7 Å². The molecular weight excluding hydrogens is 265 g/mol. The van der Waals surface area contributed by atoms with Gasteiger partial charge >= 0.3 is 0 Å². The topological polar surface area (TPSA) is 43.8 Å². The number of aromatic nitrogens is 2. The Morgan fingerprint density at radius 2 is 2.05 bits per heavy atom. The first kappa shape index (κ1) is 12.0. The van der Waals surface area contributed by atoms with Crippen molar-refractivity contribution >= 4 is 28.6 Å². The van der Waals surface area contributed by atoms with Gasteiger partial charge in [0.15, 0.2) is 0 Å². The molecule has 0 unspecified atom stereocenters. The second-order valence-electron chi connectivity index (χ2n) is 4.37. The molecule has 3 nitrogen and oxygen atoms in total. The smallest absolute Gasteiger partial charge is 0.206 e. The highest BCUT2D eigenvalue weighted by molar-refractivity contribution is 6.35. The van der Waals surface area contributed by atoms with E-state index >= 15 is 0 Å². The number of hydrogen-bond acceptors (Lipinski definition) is 2. The van der Waals surface area contributed by atoms with E-state index in [2.05, 4.69) is 4.98 Å². The molecule has 0 bridgehead atoms. The van der Waals surface area contributed by atoms with Crippen molar-refractivity contribution in [1.82, 2.24) is 9.55 Å². The number of benzene rings is 2. The van der Waals surface area contributed by atoms with Gasteiger partial charge in [-0.2, -0.15) is 0 Å². The number of hydrogen-bond donors (Lipinski definition) is 1. The molecule has 0 amide bonds. The molecule has 0 aliphatic rings. The zero-order valence-corrected chi connectivity index (χ0v) is 10.9. The van der Waals surface area contributed by atoms with Crippen LogP contribution in [0.2, 0.25) is 5.02 Å². The Morgan fingerprint density at radius 3 is 2.84 bits per heavy atom. The van der Waals surface area contributed by atoms with Crippen molar-refractivity contribution in [3.8, 4) is 5.69 Å². The SMILES string of the molecule is Cc1ccc(F)c(-n2c(N)nc3cccc(Cl)c32)c1. The van der Waals surface area contributed by atoms with Crippen LogP contribution in [-0.2, 0) is 0 Å². The molecule has 1 aromatic heterocycles. The summed E-state index contributed by atoms with van der Waals surface area (Å²) in [4.78, 5) is 4.21. The number of fused-ring (bicyclic) bond motifs is 1. The standard InChI is InChI=1S/C14H11ClFN3/c1-8-5-6-10(16)12(7-8)19-13-9(15)3-2-4-11(13)18-14(19)17/h2-7H,1H3,(H2,17,18). The van der Waals surface area contributed by atoms with Crippen LogP contribution in [0.25, 0.3) is 16.7 Å². The second-order valence-corrected chi connectivity index (χ2v) is 4.78. The van der Waals surface area contributed by atoms with Gasteiger partial charge in [0.1, 0.15) is 5.82 Å². The van der Waals surface area contributed by atoms with E-state index in [0.29, 0.717) is 21.7 Å². The molecule has 5 heteroatoms. The highest BCUT2D eigenvalue weighted by atomic mass is 35.5. The summed E-state index contributed by atoms with van der Waals surface area (Å²) < 4.78 is 15.6. The van der Waals surface area contributed by atoms with Crippen LogP contribution in [0.3, 0.4) is 0 Å². The third-order valence-corrected chi connectivity index (χ3v) is 3.30. The molecular formula is C14H11ClFN3. The number of nitrogens with zero attached hydrogens (tertiary/aromatic N) is 2. The van der Waals surface area contributed by atoms with Gasteiger partial charge in [-0.05, 0) is 36.8 Å². The summed E-state index contributed by atoms with van der Waals surface area (Å²) in [6.07, 6.45) is 0. The molecule has 3 aromatic rings. The minimum atomic E-state index is -0.364. The quantitative estimate of drug-likeness (QED) is 0.736. The first-order valence-electron chi connectivity index (χ1n) is 5.77. The molecule has 0 aliphatic heterocycles. The Labute approximate surface area is 114 Å². The Bertz CT molecular complexity index is 780. The molecule has 0 fully saturated rings. The normalized spacial score (nSPS) is 11.1. The number of nitrogens with two attached hydrogens (primary N) is 1. The van der Waals surface area contributed by atoms with Gasteiger partial charge in [0, 0.05) is 0 Å². The largest absolute Gasteiger partial charge is 0.369 e. The van der Waals surface area contributed by atoms with Gasteiger partial charge < -0.3 is 5.73 Å². The summed E-state index contributed by atoms with van der Waals surface area (Å²) >= 11 is 6.18. The summed E-state index contributed by atoms with van der Waals surface area (Å²) in [5, 5.41) is 0.489. The van der Waals surface area contributed by atoms with Crippen LogP contribution in [0.4, 0.5) is 10.3 Å². The van der Waals surface area contributed by atoms with Gasteiger partial charge in [-0.3, -0.25) is 4.57 Å². The van der Waals surface area contributed by atoms with Gasteiger partial charge in [0.2, 0.25) is 5.95 Å². The van der Waals surface area contributed by atoms with E-state index in [-0.39, 0.29) is 11.8 Å². The van der Waals surface area contributed by atoms with Crippen molar-refractivity contribution in [1.29, 1.82) is 0 Å². The summed E-state index contributed by atoms with van der Waals surface area (Å²) in [6, 6.07) is 10.1. The first-order chi connectivity index (χ1) is 9.08. The van der Waals surface area contributed by atoms with Crippen LogP contribution in [0.15, 0.2) is 36.4 Å². The van der Waals surface area contributed by atoms with E-state index in [1.165, 1.54) is 6.07 Å². The molecule has 96 valence electrons. The summed E-state index contributed by atoms with van der Waals surface area (Å²) in [5.74, 6) is -0.149. The van der Waals surface area contributed by atoms with E-state index in [1.54, 1.807) is 34.9 Å². The maximum Gasteiger partial charge on any atom is 0.206 e. The van der Waals surface area contributed by atoms with Gasteiger partial charge in [-0.25, -0.2) is 9.37 Å². The van der Waals surface area contributed by atoms with Crippen molar-refractivity contribution in [2.45, 2.75) is 6.92 Å². The van der Waals surface area contributed by atoms with Crippen molar-refractivity contribution < 1.29 is 4.39 Å². The predicted molar refractivity (Wildman–Crippen MR) is 75.2 cm³/mol. The van der Waals surface area contributed by atoms with Crippen molar-refractivity contribution in [2.75, 3.05) is 5.73 Å². The van der Waals surface area contributed by atoms with E-state index in [9.17, 15) is 4.39 Å². The Hall–Kier alpha value is -2.07. The summed E-state index contributed by atoms with van der Waals surface area (Å²) in [5.41, 5.74) is 8.45. The number of rotatable bonds is 1. The average Bonchev–Trinajstić information content (AvgIpc) is 2.70. The zero-order valence-electron chi connectivity index (χ0n) is 10.2. The number of imidazole rings is 1. The van der Waals surface area contributed by atoms with Gasteiger partial charge in [-0.15, -0.1) is 0 Å². The zero-order chi connectivity index (χ0) is 13.6. The molecule has 2 aromatic carbocycles. The van der Waals surface area contributed by atoms with E-state index in [1.807, 2.05) is 6.92 Å².